The van der Waals surface area contributed by atoms with Crippen LogP contribution in [0.25, 0.3) is 0 Å². The molecule has 1 unspecified atom stereocenters. The van der Waals surface area contributed by atoms with Crippen LogP contribution in [0.3, 0.4) is 0 Å². The van der Waals surface area contributed by atoms with E-state index >= 15 is 0 Å². The van der Waals surface area contributed by atoms with Crippen molar-refractivity contribution < 1.29 is 14.6 Å². The molecule has 108 valence electrons. The Hall–Kier alpha value is -1.14. The number of para-hydroxylation sites is 1. The summed E-state index contributed by atoms with van der Waals surface area (Å²) in [5, 5.41) is 9.97. The molecule has 0 aliphatic carbocycles. The van der Waals surface area contributed by atoms with Crippen LogP contribution in [0, 0.1) is 0 Å². The number of aromatic hydroxyl groups is 1. The summed E-state index contributed by atoms with van der Waals surface area (Å²) in [7, 11) is 3.35. The fourth-order valence-corrected chi connectivity index (χ4v) is 2.08. The standard InChI is InChI=1S/C14H24N2O3/c1-18-9-7-16(8-10-19-2)13(11-15)12-5-3-4-6-14(12)17/h3-6,13,17H,7-11,15H2,1-2H3. The average Bonchev–Trinajstić information content (AvgIpc) is 2.43. The van der Waals surface area contributed by atoms with Crippen LogP contribution in [0.5, 0.6) is 5.75 Å². The first kappa shape index (κ1) is 15.9. The summed E-state index contributed by atoms with van der Waals surface area (Å²) >= 11 is 0. The highest BCUT2D eigenvalue weighted by molar-refractivity contribution is 5.34. The molecule has 0 heterocycles. The molecule has 0 aliphatic rings. The maximum Gasteiger partial charge on any atom is 0.120 e. The van der Waals surface area contributed by atoms with Crippen molar-refractivity contribution in [3.05, 3.63) is 29.8 Å². The molecule has 0 aromatic heterocycles. The lowest BCUT2D eigenvalue weighted by atomic mass is 10.0. The van der Waals surface area contributed by atoms with E-state index < -0.39 is 0 Å². The van der Waals surface area contributed by atoms with Crippen molar-refractivity contribution in [1.82, 2.24) is 4.90 Å². The fourth-order valence-electron chi connectivity index (χ4n) is 2.08. The van der Waals surface area contributed by atoms with E-state index in [1.807, 2.05) is 12.1 Å². The summed E-state index contributed by atoms with van der Waals surface area (Å²) in [5.41, 5.74) is 6.73. The van der Waals surface area contributed by atoms with Gasteiger partial charge in [-0.2, -0.15) is 0 Å². The van der Waals surface area contributed by atoms with Crippen LogP contribution in [-0.2, 0) is 9.47 Å². The lowest BCUT2D eigenvalue weighted by molar-refractivity contribution is 0.0883. The van der Waals surface area contributed by atoms with Crippen LogP contribution in [0.4, 0.5) is 0 Å². The zero-order valence-corrected chi connectivity index (χ0v) is 11.7. The molecule has 3 N–H and O–H groups in total. The first-order chi connectivity index (χ1) is 9.24. The van der Waals surface area contributed by atoms with E-state index in [9.17, 15) is 5.11 Å². The number of ether oxygens (including phenoxy) is 2. The molecule has 0 fully saturated rings. The second-order valence-corrected chi connectivity index (χ2v) is 4.33. The topological polar surface area (TPSA) is 68.0 Å². The molecule has 1 aromatic carbocycles. The Labute approximate surface area is 114 Å². The number of hydrogen-bond acceptors (Lipinski definition) is 5. The Balaban J connectivity index is 2.85. The highest BCUT2D eigenvalue weighted by Crippen LogP contribution is 2.27. The number of phenols is 1. The predicted molar refractivity (Wildman–Crippen MR) is 75.2 cm³/mol. The van der Waals surface area contributed by atoms with Crippen molar-refractivity contribution in [1.29, 1.82) is 0 Å². The van der Waals surface area contributed by atoms with Crippen molar-refractivity contribution >= 4 is 0 Å². The highest BCUT2D eigenvalue weighted by atomic mass is 16.5. The van der Waals surface area contributed by atoms with E-state index in [0.29, 0.717) is 19.8 Å². The van der Waals surface area contributed by atoms with Crippen LogP contribution < -0.4 is 5.73 Å². The van der Waals surface area contributed by atoms with Gasteiger partial charge in [0.25, 0.3) is 0 Å². The summed E-state index contributed by atoms with van der Waals surface area (Å²) < 4.78 is 10.3. The highest BCUT2D eigenvalue weighted by Gasteiger charge is 2.21. The minimum absolute atomic E-state index is 0.0356. The Morgan fingerprint density at radius 3 is 2.21 bits per heavy atom. The van der Waals surface area contributed by atoms with E-state index in [2.05, 4.69) is 4.90 Å². The van der Waals surface area contributed by atoms with Crippen LogP contribution in [0.15, 0.2) is 24.3 Å². The summed E-state index contributed by atoms with van der Waals surface area (Å²) in [6.07, 6.45) is 0. The molecule has 1 rings (SSSR count). The van der Waals surface area contributed by atoms with Crippen LogP contribution in [0.1, 0.15) is 11.6 Å². The maximum atomic E-state index is 9.97. The zero-order valence-electron chi connectivity index (χ0n) is 11.7. The second-order valence-electron chi connectivity index (χ2n) is 4.33. The van der Waals surface area contributed by atoms with E-state index in [0.717, 1.165) is 18.7 Å². The Kier molecular flexibility index (Phi) is 7.43. The zero-order chi connectivity index (χ0) is 14.1. The first-order valence-corrected chi connectivity index (χ1v) is 6.44. The molecule has 5 heteroatoms. The van der Waals surface area contributed by atoms with E-state index in [-0.39, 0.29) is 11.8 Å². The Bertz CT molecular complexity index is 352. The lowest BCUT2D eigenvalue weighted by Crippen LogP contribution is -2.38. The van der Waals surface area contributed by atoms with Gasteiger partial charge in [-0.15, -0.1) is 0 Å². The predicted octanol–water partition coefficient (Wildman–Crippen LogP) is 0.987. The van der Waals surface area contributed by atoms with Gasteiger partial charge in [0.1, 0.15) is 5.75 Å². The normalized spacial score (nSPS) is 12.8. The number of nitrogens with two attached hydrogens (primary N) is 1. The Morgan fingerprint density at radius 1 is 1.16 bits per heavy atom. The van der Waals surface area contributed by atoms with E-state index in [4.69, 9.17) is 15.2 Å². The third-order valence-corrected chi connectivity index (χ3v) is 3.13. The summed E-state index contributed by atoms with van der Waals surface area (Å²) in [5.74, 6) is 0.276. The van der Waals surface area contributed by atoms with Gasteiger partial charge in [-0.3, -0.25) is 4.90 Å². The third kappa shape index (κ3) is 4.80. The van der Waals surface area contributed by atoms with Crippen molar-refractivity contribution in [3.63, 3.8) is 0 Å². The van der Waals surface area contributed by atoms with Crippen LogP contribution >= 0.6 is 0 Å². The molecule has 0 aliphatic heterocycles. The number of nitrogens with zero attached hydrogens (tertiary/aromatic N) is 1. The van der Waals surface area contributed by atoms with Crippen molar-refractivity contribution in [2.75, 3.05) is 47.1 Å². The second kappa shape index (κ2) is 8.87. The molecule has 1 atom stereocenters. The van der Waals surface area contributed by atoms with Gasteiger partial charge in [-0.25, -0.2) is 0 Å². The quantitative estimate of drug-likeness (QED) is 0.699. The molecule has 0 saturated carbocycles. The average molecular weight is 268 g/mol. The molecule has 1 aromatic rings. The largest absolute Gasteiger partial charge is 0.508 e. The molecule has 0 spiro atoms. The summed E-state index contributed by atoms with van der Waals surface area (Å²) in [6, 6.07) is 7.26. The molecule has 0 radical (unpaired) electrons. The minimum Gasteiger partial charge on any atom is -0.508 e. The number of hydrogen-bond donors (Lipinski definition) is 2. The molecular formula is C14H24N2O3. The van der Waals surface area contributed by atoms with Gasteiger partial charge in [0.2, 0.25) is 0 Å². The number of methoxy groups -OCH3 is 2. The fraction of sp³-hybridized carbons (Fsp3) is 0.571. The number of rotatable bonds is 9. The third-order valence-electron chi connectivity index (χ3n) is 3.13. The molecule has 0 bridgehead atoms. The number of benzene rings is 1. The van der Waals surface area contributed by atoms with Crippen molar-refractivity contribution in [2.24, 2.45) is 5.73 Å². The van der Waals surface area contributed by atoms with Gasteiger partial charge in [-0.05, 0) is 6.07 Å². The summed E-state index contributed by atoms with van der Waals surface area (Å²) in [6.45, 7) is 3.17. The van der Waals surface area contributed by atoms with Gasteiger partial charge >= 0.3 is 0 Å². The molecule has 0 saturated heterocycles. The molecule has 19 heavy (non-hydrogen) atoms. The van der Waals surface area contributed by atoms with Crippen molar-refractivity contribution in [2.45, 2.75) is 6.04 Å². The molecule has 0 amide bonds. The van der Waals surface area contributed by atoms with E-state index in [1.54, 1.807) is 26.4 Å². The van der Waals surface area contributed by atoms with Crippen molar-refractivity contribution in [3.8, 4) is 5.75 Å². The Morgan fingerprint density at radius 2 is 1.74 bits per heavy atom. The first-order valence-electron chi connectivity index (χ1n) is 6.44. The number of phenolic OH excluding ortho intramolecular Hbond substituents is 1. The monoisotopic (exact) mass is 268 g/mol. The SMILES string of the molecule is COCCN(CCOC)C(CN)c1ccccc1O. The van der Waals surface area contributed by atoms with Gasteiger partial charge in [0, 0.05) is 39.4 Å². The molecular weight excluding hydrogens is 244 g/mol. The minimum atomic E-state index is -0.0356. The van der Waals surface area contributed by atoms with Gasteiger partial charge in [0.05, 0.1) is 19.3 Å². The van der Waals surface area contributed by atoms with Crippen LogP contribution in [0.2, 0.25) is 0 Å². The smallest absolute Gasteiger partial charge is 0.120 e. The van der Waals surface area contributed by atoms with Crippen LogP contribution in [-0.4, -0.2) is 57.1 Å². The maximum absolute atomic E-state index is 9.97. The lowest BCUT2D eigenvalue weighted by Gasteiger charge is -2.31. The summed E-state index contributed by atoms with van der Waals surface area (Å²) in [4.78, 5) is 2.17. The van der Waals surface area contributed by atoms with Gasteiger partial charge in [-0.1, -0.05) is 18.2 Å². The van der Waals surface area contributed by atoms with Gasteiger partial charge in [0.15, 0.2) is 0 Å². The molecule has 5 nitrogen and oxygen atoms in total. The van der Waals surface area contributed by atoms with Gasteiger partial charge < -0.3 is 20.3 Å². The van der Waals surface area contributed by atoms with E-state index in [1.165, 1.54) is 0 Å².